The molecule has 2 N–H and O–H groups in total. The van der Waals surface area contributed by atoms with Crippen molar-refractivity contribution in [3.63, 3.8) is 0 Å². The average molecular weight is 327 g/mol. The SMILES string of the molecule is CN=C(NCc1cccn1C)NC1CCCN(c2ncccn2)C1. The largest absolute Gasteiger partial charge is 0.353 e. The summed E-state index contributed by atoms with van der Waals surface area (Å²) in [5, 5.41) is 6.90. The lowest BCUT2D eigenvalue weighted by atomic mass is 10.1. The number of guanidine groups is 1. The Morgan fingerprint density at radius 3 is 2.88 bits per heavy atom. The molecule has 1 atom stereocenters. The highest BCUT2D eigenvalue weighted by Crippen LogP contribution is 2.15. The molecule has 1 unspecified atom stereocenters. The zero-order valence-electron chi connectivity index (χ0n) is 14.3. The molecule has 7 nitrogen and oxygen atoms in total. The van der Waals surface area contributed by atoms with Gasteiger partial charge in [0.2, 0.25) is 5.95 Å². The van der Waals surface area contributed by atoms with E-state index in [-0.39, 0.29) is 0 Å². The summed E-state index contributed by atoms with van der Waals surface area (Å²) in [5.74, 6) is 1.63. The van der Waals surface area contributed by atoms with Crippen LogP contribution >= 0.6 is 0 Å². The molecule has 3 rings (SSSR count). The smallest absolute Gasteiger partial charge is 0.225 e. The third-order valence-corrected chi connectivity index (χ3v) is 4.31. The Morgan fingerprint density at radius 1 is 1.33 bits per heavy atom. The Hall–Kier alpha value is -2.57. The summed E-state index contributed by atoms with van der Waals surface area (Å²) >= 11 is 0. The topological polar surface area (TPSA) is 70.4 Å². The fourth-order valence-electron chi connectivity index (χ4n) is 2.97. The van der Waals surface area contributed by atoms with Crippen molar-refractivity contribution < 1.29 is 0 Å². The van der Waals surface area contributed by atoms with Gasteiger partial charge in [0.1, 0.15) is 0 Å². The minimum absolute atomic E-state index is 0.335. The van der Waals surface area contributed by atoms with E-state index in [1.165, 1.54) is 5.69 Å². The highest BCUT2D eigenvalue weighted by atomic mass is 15.3. The summed E-state index contributed by atoms with van der Waals surface area (Å²) in [6, 6.07) is 6.34. The lowest BCUT2D eigenvalue weighted by Crippen LogP contribution is -2.51. The van der Waals surface area contributed by atoms with Crippen molar-refractivity contribution in [3.8, 4) is 0 Å². The van der Waals surface area contributed by atoms with Crippen molar-refractivity contribution in [1.82, 2.24) is 25.2 Å². The first kappa shape index (κ1) is 16.3. The highest BCUT2D eigenvalue weighted by molar-refractivity contribution is 5.80. The van der Waals surface area contributed by atoms with Gasteiger partial charge in [0.15, 0.2) is 5.96 Å². The van der Waals surface area contributed by atoms with E-state index in [0.29, 0.717) is 6.04 Å². The standard InChI is InChI=1S/C17H25N7/c1-18-16(21-12-15-7-4-10-23(15)2)22-14-6-3-11-24(13-14)17-19-8-5-9-20-17/h4-5,7-10,14H,3,6,11-13H2,1-2H3,(H2,18,21,22). The van der Waals surface area contributed by atoms with Crippen LogP contribution in [0.1, 0.15) is 18.5 Å². The number of hydrogen-bond donors (Lipinski definition) is 2. The summed E-state index contributed by atoms with van der Waals surface area (Å²) in [6.07, 6.45) is 7.87. The van der Waals surface area contributed by atoms with Crippen molar-refractivity contribution in [3.05, 3.63) is 42.5 Å². The molecule has 2 aromatic rings. The van der Waals surface area contributed by atoms with Gasteiger partial charge in [0.25, 0.3) is 0 Å². The highest BCUT2D eigenvalue weighted by Gasteiger charge is 2.22. The van der Waals surface area contributed by atoms with Crippen LogP contribution < -0.4 is 15.5 Å². The predicted octanol–water partition coefficient (Wildman–Crippen LogP) is 1.15. The minimum Gasteiger partial charge on any atom is -0.353 e. The van der Waals surface area contributed by atoms with Crippen LogP contribution in [0, 0.1) is 0 Å². The number of anilines is 1. The fraction of sp³-hybridized carbons (Fsp3) is 0.471. The van der Waals surface area contributed by atoms with E-state index in [1.807, 2.05) is 25.4 Å². The Balaban J connectivity index is 1.54. The van der Waals surface area contributed by atoms with Crippen molar-refractivity contribution >= 4 is 11.9 Å². The molecule has 1 saturated heterocycles. The molecule has 0 bridgehead atoms. The van der Waals surface area contributed by atoms with E-state index >= 15 is 0 Å². The second kappa shape index (κ2) is 7.81. The monoisotopic (exact) mass is 327 g/mol. The second-order valence-electron chi connectivity index (χ2n) is 6.01. The lowest BCUT2D eigenvalue weighted by Gasteiger charge is -2.33. The van der Waals surface area contributed by atoms with Crippen molar-refractivity contribution in [2.24, 2.45) is 12.0 Å². The van der Waals surface area contributed by atoms with Crippen LogP contribution in [0.2, 0.25) is 0 Å². The molecule has 0 saturated carbocycles. The third kappa shape index (κ3) is 4.04. The normalized spacial score (nSPS) is 18.5. The quantitative estimate of drug-likeness (QED) is 0.651. The van der Waals surface area contributed by atoms with Gasteiger partial charge < -0.3 is 20.1 Å². The molecule has 0 spiro atoms. The number of rotatable bonds is 4. The predicted molar refractivity (Wildman–Crippen MR) is 96.0 cm³/mol. The summed E-state index contributed by atoms with van der Waals surface area (Å²) in [4.78, 5) is 15.3. The maximum atomic E-state index is 4.35. The third-order valence-electron chi connectivity index (χ3n) is 4.31. The van der Waals surface area contributed by atoms with Gasteiger partial charge in [-0.3, -0.25) is 4.99 Å². The Labute approximate surface area is 142 Å². The maximum Gasteiger partial charge on any atom is 0.225 e. The first-order valence-electron chi connectivity index (χ1n) is 8.35. The van der Waals surface area contributed by atoms with E-state index in [4.69, 9.17) is 0 Å². The van der Waals surface area contributed by atoms with E-state index in [1.54, 1.807) is 19.4 Å². The van der Waals surface area contributed by atoms with Crippen LogP contribution in [0.25, 0.3) is 0 Å². The number of piperidine rings is 1. The summed E-state index contributed by atoms with van der Waals surface area (Å²) < 4.78 is 2.11. The van der Waals surface area contributed by atoms with Crippen LogP contribution in [0.3, 0.4) is 0 Å². The van der Waals surface area contributed by atoms with Gasteiger partial charge >= 0.3 is 0 Å². The molecule has 1 fully saturated rings. The number of hydrogen-bond acceptors (Lipinski definition) is 4. The molecule has 2 aromatic heterocycles. The van der Waals surface area contributed by atoms with Gasteiger partial charge in [-0.2, -0.15) is 0 Å². The molecular weight excluding hydrogens is 302 g/mol. The van der Waals surface area contributed by atoms with Gasteiger partial charge in [-0.1, -0.05) is 0 Å². The maximum absolute atomic E-state index is 4.35. The molecule has 0 aliphatic carbocycles. The van der Waals surface area contributed by atoms with Crippen LogP contribution in [0.4, 0.5) is 5.95 Å². The van der Waals surface area contributed by atoms with Crippen molar-refractivity contribution in [1.29, 1.82) is 0 Å². The first-order valence-corrected chi connectivity index (χ1v) is 8.35. The Kier molecular flexibility index (Phi) is 5.30. The number of nitrogens with one attached hydrogen (secondary N) is 2. The van der Waals surface area contributed by atoms with Crippen molar-refractivity contribution in [2.45, 2.75) is 25.4 Å². The van der Waals surface area contributed by atoms with Gasteiger partial charge in [-0.05, 0) is 31.0 Å². The number of aryl methyl sites for hydroxylation is 1. The van der Waals surface area contributed by atoms with Crippen LogP contribution in [-0.4, -0.2) is 46.7 Å². The molecule has 7 heteroatoms. The molecule has 0 aromatic carbocycles. The van der Waals surface area contributed by atoms with Crippen molar-refractivity contribution in [2.75, 3.05) is 25.0 Å². The molecule has 3 heterocycles. The Bertz CT molecular complexity index is 665. The van der Waals surface area contributed by atoms with Crippen LogP contribution in [0.5, 0.6) is 0 Å². The van der Waals surface area contributed by atoms with E-state index in [0.717, 1.165) is 44.4 Å². The van der Waals surface area contributed by atoms with Crippen LogP contribution in [0.15, 0.2) is 41.8 Å². The summed E-state index contributed by atoms with van der Waals surface area (Å²) in [6.45, 7) is 2.63. The van der Waals surface area contributed by atoms with E-state index in [2.05, 4.69) is 41.1 Å². The molecule has 128 valence electrons. The van der Waals surface area contributed by atoms with Gasteiger partial charge in [0, 0.05) is 57.5 Å². The molecule has 24 heavy (non-hydrogen) atoms. The van der Waals surface area contributed by atoms with Crippen LogP contribution in [-0.2, 0) is 13.6 Å². The fourth-order valence-corrected chi connectivity index (χ4v) is 2.97. The van der Waals surface area contributed by atoms with Gasteiger partial charge in [-0.15, -0.1) is 0 Å². The minimum atomic E-state index is 0.335. The number of aliphatic imine (C=N–C) groups is 1. The number of nitrogens with zero attached hydrogens (tertiary/aromatic N) is 5. The zero-order valence-corrected chi connectivity index (χ0v) is 14.3. The molecule has 1 aliphatic heterocycles. The Morgan fingerprint density at radius 2 is 2.17 bits per heavy atom. The molecule has 0 radical (unpaired) electrons. The zero-order chi connectivity index (χ0) is 16.8. The summed E-state index contributed by atoms with van der Waals surface area (Å²) in [7, 11) is 3.85. The van der Waals surface area contributed by atoms with Gasteiger partial charge in [0.05, 0.1) is 6.54 Å². The average Bonchev–Trinajstić information content (AvgIpc) is 3.04. The number of aromatic nitrogens is 3. The van der Waals surface area contributed by atoms with Gasteiger partial charge in [-0.25, -0.2) is 9.97 Å². The lowest BCUT2D eigenvalue weighted by molar-refractivity contribution is 0.463. The van der Waals surface area contributed by atoms with E-state index < -0.39 is 0 Å². The second-order valence-corrected chi connectivity index (χ2v) is 6.01. The molecular formula is C17H25N7. The van der Waals surface area contributed by atoms with E-state index in [9.17, 15) is 0 Å². The first-order chi connectivity index (χ1) is 11.8. The molecule has 1 aliphatic rings. The summed E-state index contributed by atoms with van der Waals surface area (Å²) in [5.41, 5.74) is 1.22. The molecule has 0 amide bonds.